The maximum atomic E-state index is 11.6. The van der Waals surface area contributed by atoms with Crippen molar-refractivity contribution < 1.29 is 10.3 Å². The molecule has 0 saturated heterocycles. The Balaban J connectivity index is 0.000000720. The lowest BCUT2D eigenvalue weighted by molar-refractivity contribution is -0.128. The molecule has 2 saturated carbocycles. The van der Waals surface area contributed by atoms with E-state index in [9.17, 15) is 4.79 Å². The van der Waals surface area contributed by atoms with Crippen LogP contribution in [0.25, 0.3) is 0 Å². The lowest BCUT2D eigenvalue weighted by Crippen LogP contribution is -2.32. The summed E-state index contributed by atoms with van der Waals surface area (Å²) >= 11 is 0. The summed E-state index contributed by atoms with van der Waals surface area (Å²) in [4.78, 5) is 11.6. The SMILES string of the molecule is CC12CCC(CC1=O)C2(C)C.O. The Morgan fingerprint density at radius 1 is 1.33 bits per heavy atom. The number of ketones is 1. The standard InChI is InChI=1S/C10H16O.H2O/c1-9(2)7-4-5-10(9,3)8(11)6-7;/h7H,4-6H2,1-3H3;1H2. The maximum Gasteiger partial charge on any atom is 0.139 e. The Bertz CT molecular complexity index is 220. The maximum absolute atomic E-state index is 11.6. The van der Waals surface area contributed by atoms with Crippen molar-refractivity contribution in [3.8, 4) is 0 Å². The Hall–Kier alpha value is -0.370. The number of carbonyl (C=O) groups excluding carboxylic acids is 1. The molecule has 0 amide bonds. The largest absolute Gasteiger partial charge is 0.412 e. The van der Waals surface area contributed by atoms with E-state index in [1.165, 1.54) is 6.42 Å². The highest BCUT2D eigenvalue weighted by molar-refractivity contribution is 5.89. The average molecular weight is 170 g/mol. The minimum absolute atomic E-state index is 0. The highest BCUT2D eigenvalue weighted by Crippen LogP contribution is 2.63. The first-order valence-corrected chi connectivity index (χ1v) is 4.52. The normalized spacial score (nSPS) is 42.9. The van der Waals surface area contributed by atoms with E-state index >= 15 is 0 Å². The molecule has 12 heavy (non-hydrogen) atoms. The second kappa shape index (κ2) is 2.32. The van der Waals surface area contributed by atoms with E-state index in [0.717, 1.165) is 12.8 Å². The van der Waals surface area contributed by atoms with E-state index < -0.39 is 0 Å². The molecule has 0 aromatic rings. The molecule has 2 heteroatoms. The zero-order valence-corrected chi connectivity index (χ0v) is 8.11. The van der Waals surface area contributed by atoms with Crippen molar-refractivity contribution in [2.24, 2.45) is 16.7 Å². The summed E-state index contributed by atoms with van der Waals surface area (Å²) in [6.07, 6.45) is 3.25. The van der Waals surface area contributed by atoms with Gasteiger partial charge in [0.1, 0.15) is 5.78 Å². The molecular formula is C10H18O2. The van der Waals surface area contributed by atoms with Gasteiger partial charge in [0.25, 0.3) is 0 Å². The molecule has 2 bridgehead atoms. The first-order valence-electron chi connectivity index (χ1n) is 4.52. The fourth-order valence-electron chi connectivity index (χ4n) is 2.90. The van der Waals surface area contributed by atoms with Crippen LogP contribution in [-0.2, 0) is 4.79 Å². The third-order valence-corrected chi connectivity index (χ3v) is 4.48. The molecule has 2 N–H and O–H groups in total. The first-order chi connectivity index (χ1) is 4.98. The van der Waals surface area contributed by atoms with Crippen LogP contribution in [-0.4, -0.2) is 11.3 Å². The Labute approximate surface area is 73.7 Å². The lowest BCUT2D eigenvalue weighted by Gasteiger charge is -2.32. The molecule has 0 aromatic heterocycles. The third kappa shape index (κ3) is 0.764. The predicted octanol–water partition coefficient (Wildman–Crippen LogP) is 1.58. The van der Waals surface area contributed by atoms with E-state index in [-0.39, 0.29) is 16.3 Å². The fraction of sp³-hybridized carbons (Fsp3) is 0.900. The van der Waals surface area contributed by atoms with Gasteiger partial charge in [-0.15, -0.1) is 0 Å². The molecule has 0 spiro atoms. The Morgan fingerprint density at radius 3 is 2.08 bits per heavy atom. The highest BCUT2D eigenvalue weighted by atomic mass is 16.1. The van der Waals surface area contributed by atoms with Gasteiger partial charge in [-0.1, -0.05) is 20.8 Å². The molecule has 2 nitrogen and oxygen atoms in total. The number of rotatable bonds is 0. The summed E-state index contributed by atoms with van der Waals surface area (Å²) < 4.78 is 0. The van der Waals surface area contributed by atoms with E-state index in [2.05, 4.69) is 20.8 Å². The van der Waals surface area contributed by atoms with E-state index in [0.29, 0.717) is 11.7 Å². The Morgan fingerprint density at radius 2 is 1.92 bits per heavy atom. The number of carbonyl (C=O) groups is 1. The quantitative estimate of drug-likeness (QED) is 0.544. The summed E-state index contributed by atoms with van der Waals surface area (Å²) in [6, 6.07) is 0. The molecule has 2 aliphatic carbocycles. The van der Waals surface area contributed by atoms with Gasteiger partial charge in [-0.3, -0.25) is 4.79 Å². The van der Waals surface area contributed by atoms with Crippen LogP contribution in [0.15, 0.2) is 0 Å². The molecule has 0 heterocycles. The first kappa shape index (κ1) is 9.72. The van der Waals surface area contributed by atoms with Crippen molar-refractivity contribution >= 4 is 5.78 Å². The van der Waals surface area contributed by atoms with Crippen LogP contribution in [0.2, 0.25) is 0 Å². The van der Waals surface area contributed by atoms with Crippen molar-refractivity contribution in [2.75, 3.05) is 0 Å². The van der Waals surface area contributed by atoms with Crippen LogP contribution < -0.4 is 0 Å². The van der Waals surface area contributed by atoms with Crippen LogP contribution in [0.3, 0.4) is 0 Å². The third-order valence-electron chi connectivity index (χ3n) is 4.48. The minimum atomic E-state index is 0. The lowest BCUT2D eigenvalue weighted by atomic mass is 9.70. The molecule has 2 fully saturated rings. The fourth-order valence-corrected chi connectivity index (χ4v) is 2.90. The molecular weight excluding hydrogens is 152 g/mol. The van der Waals surface area contributed by atoms with Gasteiger partial charge in [-0.05, 0) is 24.2 Å². The van der Waals surface area contributed by atoms with Crippen molar-refractivity contribution in [3.05, 3.63) is 0 Å². The zero-order valence-electron chi connectivity index (χ0n) is 8.11. The summed E-state index contributed by atoms with van der Waals surface area (Å²) in [6.45, 7) is 6.67. The topological polar surface area (TPSA) is 48.6 Å². The number of hydrogen-bond acceptors (Lipinski definition) is 1. The summed E-state index contributed by atoms with van der Waals surface area (Å²) in [5, 5.41) is 0. The van der Waals surface area contributed by atoms with Crippen LogP contribution in [0.1, 0.15) is 40.0 Å². The second-order valence-corrected chi connectivity index (χ2v) is 4.92. The van der Waals surface area contributed by atoms with Gasteiger partial charge < -0.3 is 5.48 Å². The van der Waals surface area contributed by atoms with Gasteiger partial charge in [0.2, 0.25) is 0 Å². The Kier molecular flexibility index (Phi) is 1.88. The van der Waals surface area contributed by atoms with Gasteiger partial charge in [0, 0.05) is 11.8 Å². The second-order valence-electron chi connectivity index (χ2n) is 4.92. The predicted molar refractivity (Wildman–Crippen MR) is 47.8 cm³/mol. The van der Waals surface area contributed by atoms with Crippen molar-refractivity contribution in [2.45, 2.75) is 40.0 Å². The molecule has 70 valence electrons. The summed E-state index contributed by atoms with van der Waals surface area (Å²) in [7, 11) is 0. The van der Waals surface area contributed by atoms with Gasteiger partial charge in [-0.2, -0.15) is 0 Å². The van der Waals surface area contributed by atoms with Crippen molar-refractivity contribution in [3.63, 3.8) is 0 Å². The summed E-state index contributed by atoms with van der Waals surface area (Å²) in [5.74, 6) is 1.19. The molecule has 2 aliphatic rings. The van der Waals surface area contributed by atoms with Crippen molar-refractivity contribution in [1.29, 1.82) is 0 Å². The van der Waals surface area contributed by atoms with Crippen molar-refractivity contribution in [1.82, 2.24) is 0 Å². The van der Waals surface area contributed by atoms with Gasteiger partial charge in [0.15, 0.2) is 0 Å². The smallest absolute Gasteiger partial charge is 0.139 e. The monoisotopic (exact) mass is 170 g/mol. The van der Waals surface area contributed by atoms with E-state index in [1.54, 1.807) is 0 Å². The minimum Gasteiger partial charge on any atom is -0.412 e. The number of Topliss-reactive ketones (excluding diaryl/α,β-unsaturated/α-hetero) is 1. The molecule has 2 rings (SSSR count). The van der Waals surface area contributed by atoms with Gasteiger partial charge in [0.05, 0.1) is 0 Å². The van der Waals surface area contributed by atoms with Crippen LogP contribution in [0.5, 0.6) is 0 Å². The van der Waals surface area contributed by atoms with Gasteiger partial charge in [-0.25, -0.2) is 0 Å². The molecule has 0 aliphatic heterocycles. The van der Waals surface area contributed by atoms with Gasteiger partial charge >= 0.3 is 0 Å². The van der Waals surface area contributed by atoms with E-state index in [1.807, 2.05) is 0 Å². The average Bonchev–Trinajstić information content (AvgIpc) is 2.20. The molecule has 2 unspecified atom stereocenters. The zero-order chi connectivity index (χ0) is 8.28. The number of hydrogen-bond donors (Lipinski definition) is 0. The van der Waals surface area contributed by atoms with E-state index in [4.69, 9.17) is 0 Å². The van der Waals surface area contributed by atoms with Crippen LogP contribution >= 0.6 is 0 Å². The summed E-state index contributed by atoms with van der Waals surface area (Å²) in [5.41, 5.74) is 0.307. The molecule has 0 aromatic carbocycles. The highest BCUT2D eigenvalue weighted by Gasteiger charge is 2.61. The molecule has 2 atom stereocenters. The molecule has 0 radical (unpaired) electrons. The van der Waals surface area contributed by atoms with Crippen LogP contribution in [0, 0.1) is 16.7 Å². The van der Waals surface area contributed by atoms with Crippen LogP contribution in [0.4, 0.5) is 0 Å². The number of fused-ring (bicyclic) bond motifs is 2.